The molecule has 1 amide bonds. The number of benzene rings is 1. The number of amides is 1. The summed E-state index contributed by atoms with van der Waals surface area (Å²) in [5.74, 6) is 0.778. The van der Waals surface area contributed by atoms with Gasteiger partial charge in [0.1, 0.15) is 5.75 Å². The van der Waals surface area contributed by atoms with Gasteiger partial charge in [-0.3, -0.25) is 4.79 Å². The molecule has 0 heterocycles. The maximum absolute atomic E-state index is 11.6. The first-order valence-corrected chi connectivity index (χ1v) is 7.39. The average Bonchev–Trinajstić information content (AvgIpc) is 2.80. The molecule has 0 fully saturated rings. The van der Waals surface area contributed by atoms with E-state index in [0.717, 1.165) is 25.1 Å². The quantitative estimate of drug-likeness (QED) is 0.837. The second-order valence-corrected chi connectivity index (χ2v) is 5.48. The average molecular weight is 276 g/mol. The lowest BCUT2D eigenvalue weighted by Crippen LogP contribution is -2.34. The van der Waals surface area contributed by atoms with E-state index in [1.54, 1.807) is 0 Å². The van der Waals surface area contributed by atoms with E-state index < -0.39 is 0 Å². The van der Waals surface area contributed by atoms with E-state index in [9.17, 15) is 4.79 Å². The SMILES string of the molecule is CCNC1CCc2c(OCC(=O)NC(C)C)cccc21. The van der Waals surface area contributed by atoms with Crippen LogP contribution in [0.2, 0.25) is 0 Å². The number of carbonyl (C=O) groups is 1. The number of carbonyl (C=O) groups excluding carboxylic acids is 1. The van der Waals surface area contributed by atoms with Crippen LogP contribution < -0.4 is 15.4 Å². The zero-order chi connectivity index (χ0) is 14.5. The summed E-state index contributed by atoms with van der Waals surface area (Å²) in [6, 6.07) is 6.67. The van der Waals surface area contributed by atoms with Crippen LogP contribution in [-0.2, 0) is 11.2 Å². The maximum atomic E-state index is 11.6. The van der Waals surface area contributed by atoms with Crippen LogP contribution in [0.5, 0.6) is 5.75 Å². The number of hydrogen-bond acceptors (Lipinski definition) is 3. The number of rotatable bonds is 6. The topological polar surface area (TPSA) is 50.4 Å². The van der Waals surface area contributed by atoms with E-state index in [1.807, 2.05) is 26.0 Å². The van der Waals surface area contributed by atoms with Gasteiger partial charge >= 0.3 is 0 Å². The summed E-state index contributed by atoms with van der Waals surface area (Å²) in [5.41, 5.74) is 2.56. The Hall–Kier alpha value is -1.55. The van der Waals surface area contributed by atoms with Crippen LogP contribution in [0.15, 0.2) is 18.2 Å². The fourth-order valence-electron chi connectivity index (χ4n) is 2.72. The molecule has 1 aromatic carbocycles. The molecule has 1 aliphatic carbocycles. The molecule has 4 heteroatoms. The Kier molecular flexibility index (Phi) is 5.01. The zero-order valence-corrected chi connectivity index (χ0v) is 12.5. The molecular formula is C16H24N2O2. The van der Waals surface area contributed by atoms with Crippen molar-refractivity contribution < 1.29 is 9.53 Å². The Bertz CT molecular complexity index is 472. The van der Waals surface area contributed by atoms with Crippen molar-refractivity contribution in [3.05, 3.63) is 29.3 Å². The second-order valence-electron chi connectivity index (χ2n) is 5.48. The Morgan fingerprint density at radius 2 is 2.25 bits per heavy atom. The highest BCUT2D eigenvalue weighted by Gasteiger charge is 2.24. The highest BCUT2D eigenvalue weighted by Crippen LogP contribution is 2.36. The molecule has 2 rings (SSSR count). The molecule has 20 heavy (non-hydrogen) atoms. The molecular weight excluding hydrogens is 252 g/mol. The fourth-order valence-corrected chi connectivity index (χ4v) is 2.72. The summed E-state index contributed by atoms with van der Waals surface area (Å²) in [6.45, 7) is 7.05. The van der Waals surface area contributed by atoms with Crippen molar-refractivity contribution >= 4 is 5.91 Å². The summed E-state index contributed by atoms with van der Waals surface area (Å²) in [5, 5.41) is 6.32. The molecule has 4 nitrogen and oxygen atoms in total. The Balaban J connectivity index is 2.02. The number of hydrogen-bond donors (Lipinski definition) is 2. The van der Waals surface area contributed by atoms with Gasteiger partial charge in [0.15, 0.2) is 6.61 Å². The minimum Gasteiger partial charge on any atom is -0.483 e. The van der Waals surface area contributed by atoms with Gasteiger partial charge in [-0.25, -0.2) is 0 Å². The van der Waals surface area contributed by atoms with Crippen molar-refractivity contribution in [2.45, 2.75) is 45.7 Å². The summed E-state index contributed by atoms with van der Waals surface area (Å²) in [6.07, 6.45) is 2.11. The van der Waals surface area contributed by atoms with Crippen LogP contribution in [0.3, 0.4) is 0 Å². The molecule has 0 saturated carbocycles. The van der Waals surface area contributed by atoms with Gasteiger partial charge in [0, 0.05) is 12.1 Å². The Labute approximate surface area is 120 Å². The van der Waals surface area contributed by atoms with Gasteiger partial charge in [-0.2, -0.15) is 0 Å². The standard InChI is InChI=1S/C16H24N2O2/c1-4-17-14-9-8-13-12(14)6-5-7-15(13)20-10-16(19)18-11(2)3/h5-7,11,14,17H,4,8-10H2,1-3H3,(H,18,19). The molecule has 1 atom stereocenters. The van der Waals surface area contributed by atoms with Crippen molar-refractivity contribution in [1.29, 1.82) is 0 Å². The Morgan fingerprint density at radius 3 is 2.95 bits per heavy atom. The molecule has 1 unspecified atom stereocenters. The smallest absolute Gasteiger partial charge is 0.258 e. The van der Waals surface area contributed by atoms with Gasteiger partial charge in [-0.05, 0) is 50.4 Å². The van der Waals surface area contributed by atoms with Crippen LogP contribution in [0.1, 0.15) is 44.4 Å². The first kappa shape index (κ1) is 14.9. The monoisotopic (exact) mass is 276 g/mol. The molecule has 1 aliphatic rings. The third-order valence-corrected chi connectivity index (χ3v) is 3.49. The molecule has 0 radical (unpaired) electrons. The van der Waals surface area contributed by atoms with Crippen LogP contribution >= 0.6 is 0 Å². The van der Waals surface area contributed by atoms with Crippen LogP contribution in [-0.4, -0.2) is 25.1 Å². The lowest BCUT2D eigenvalue weighted by Gasteiger charge is -2.14. The molecule has 2 N–H and O–H groups in total. The van der Waals surface area contributed by atoms with Gasteiger partial charge in [-0.1, -0.05) is 19.1 Å². The van der Waals surface area contributed by atoms with E-state index >= 15 is 0 Å². The van der Waals surface area contributed by atoms with E-state index in [2.05, 4.69) is 23.6 Å². The molecule has 0 aliphatic heterocycles. The lowest BCUT2D eigenvalue weighted by molar-refractivity contribution is -0.123. The van der Waals surface area contributed by atoms with E-state index in [1.165, 1.54) is 11.1 Å². The first-order valence-electron chi connectivity index (χ1n) is 7.39. The minimum absolute atomic E-state index is 0.0705. The summed E-state index contributed by atoms with van der Waals surface area (Å²) < 4.78 is 5.70. The summed E-state index contributed by atoms with van der Waals surface area (Å²) >= 11 is 0. The molecule has 0 spiro atoms. The zero-order valence-electron chi connectivity index (χ0n) is 12.5. The van der Waals surface area contributed by atoms with E-state index in [4.69, 9.17) is 4.74 Å². The molecule has 0 aromatic heterocycles. The third kappa shape index (κ3) is 3.51. The summed E-state index contributed by atoms with van der Waals surface area (Å²) in [4.78, 5) is 11.6. The first-order chi connectivity index (χ1) is 9.61. The molecule has 0 bridgehead atoms. The van der Waals surface area contributed by atoms with Gasteiger partial charge in [0.05, 0.1) is 0 Å². The van der Waals surface area contributed by atoms with Crippen molar-refractivity contribution in [3.8, 4) is 5.75 Å². The number of fused-ring (bicyclic) bond motifs is 1. The normalized spacial score (nSPS) is 17.1. The largest absolute Gasteiger partial charge is 0.483 e. The van der Waals surface area contributed by atoms with Gasteiger partial charge in [0.25, 0.3) is 5.91 Å². The van der Waals surface area contributed by atoms with E-state index in [-0.39, 0.29) is 18.6 Å². The minimum atomic E-state index is -0.0705. The Morgan fingerprint density at radius 1 is 1.45 bits per heavy atom. The molecule has 0 saturated heterocycles. The third-order valence-electron chi connectivity index (χ3n) is 3.49. The fraction of sp³-hybridized carbons (Fsp3) is 0.562. The van der Waals surface area contributed by atoms with Crippen LogP contribution in [0, 0.1) is 0 Å². The van der Waals surface area contributed by atoms with Crippen molar-refractivity contribution in [3.63, 3.8) is 0 Å². The highest BCUT2D eigenvalue weighted by molar-refractivity contribution is 5.77. The van der Waals surface area contributed by atoms with Gasteiger partial charge < -0.3 is 15.4 Å². The van der Waals surface area contributed by atoms with E-state index in [0.29, 0.717) is 6.04 Å². The van der Waals surface area contributed by atoms with Crippen molar-refractivity contribution in [2.24, 2.45) is 0 Å². The molecule has 110 valence electrons. The van der Waals surface area contributed by atoms with Gasteiger partial charge in [0.2, 0.25) is 0 Å². The second kappa shape index (κ2) is 6.75. The predicted octanol–water partition coefficient (Wildman–Crippen LogP) is 2.19. The van der Waals surface area contributed by atoms with Crippen LogP contribution in [0.25, 0.3) is 0 Å². The van der Waals surface area contributed by atoms with Crippen LogP contribution in [0.4, 0.5) is 0 Å². The highest BCUT2D eigenvalue weighted by atomic mass is 16.5. The van der Waals surface area contributed by atoms with Gasteiger partial charge in [-0.15, -0.1) is 0 Å². The summed E-state index contributed by atoms with van der Waals surface area (Å²) in [7, 11) is 0. The van der Waals surface area contributed by atoms with Crippen molar-refractivity contribution in [2.75, 3.05) is 13.2 Å². The number of nitrogens with one attached hydrogen (secondary N) is 2. The molecule has 1 aromatic rings. The predicted molar refractivity (Wildman–Crippen MR) is 80.0 cm³/mol. The number of ether oxygens (including phenoxy) is 1. The van der Waals surface area contributed by atoms with Crippen molar-refractivity contribution in [1.82, 2.24) is 10.6 Å². The maximum Gasteiger partial charge on any atom is 0.258 e. The lowest BCUT2D eigenvalue weighted by atomic mass is 10.1.